The molecule has 0 bridgehead atoms. The summed E-state index contributed by atoms with van der Waals surface area (Å²) in [5.41, 5.74) is 0.374. The van der Waals surface area contributed by atoms with Crippen molar-refractivity contribution < 1.29 is 0 Å². The zero-order chi connectivity index (χ0) is 12.3. The maximum Gasteiger partial charge on any atom is 0.158 e. The van der Waals surface area contributed by atoms with Crippen molar-refractivity contribution in [2.75, 3.05) is 11.9 Å². The van der Waals surface area contributed by atoms with Crippen LogP contribution in [0.2, 0.25) is 0 Å². The predicted octanol–water partition coefficient (Wildman–Crippen LogP) is 2.36. The fraction of sp³-hybridized carbons (Fsp3) is 0.615. The third kappa shape index (κ3) is 2.73. The molecule has 0 unspecified atom stereocenters. The van der Waals surface area contributed by atoms with Crippen molar-refractivity contribution in [2.45, 2.75) is 38.6 Å². The Morgan fingerprint density at radius 2 is 1.94 bits per heavy atom. The molecule has 0 aromatic carbocycles. The molecule has 0 spiro atoms. The first-order chi connectivity index (χ1) is 8.20. The van der Waals surface area contributed by atoms with E-state index < -0.39 is 0 Å². The molecule has 1 aromatic rings. The number of rotatable bonds is 2. The SMILES string of the molecule is CC1CCC(N(C)c2cnc(C#N)cn2)CC1. The molecule has 4 nitrogen and oxygen atoms in total. The van der Waals surface area contributed by atoms with Crippen molar-refractivity contribution >= 4 is 5.82 Å². The Morgan fingerprint density at radius 3 is 2.47 bits per heavy atom. The van der Waals surface area contributed by atoms with Gasteiger partial charge in [0.25, 0.3) is 0 Å². The number of anilines is 1. The first-order valence-corrected chi connectivity index (χ1v) is 6.15. The van der Waals surface area contributed by atoms with E-state index in [4.69, 9.17) is 5.26 Å². The number of hydrogen-bond donors (Lipinski definition) is 0. The lowest BCUT2D eigenvalue weighted by atomic mass is 9.87. The van der Waals surface area contributed by atoms with Crippen LogP contribution in [0.3, 0.4) is 0 Å². The van der Waals surface area contributed by atoms with E-state index in [9.17, 15) is 0 Å². The van der Waals surface area contributed by atoms with Crippen LogP contribution < -0.4 is 4.90 Å². The Kier molecular flexibility index (Phi) is 3.58. The molecule has 1 saturated carbocycles. The van der Waals surface area contributed by atoms with Crippen LogP contribution in [0.25, 0.3) is 0 Å². The first-order valence-electron chi connectivity index (χ1n) is 6.15. The molecule has 0 aliphatic heterocycles. The molecule has 0 N–H and O–H groups in total. The van der Waals surface area contributed by atoms with Gasteiger partial charge in [0.05, 0.1) is 12.4 Å². The van der Waals surface area contributed by atoms with Gasteiger partial charge in [-0.25, -0.2) is 9.97 Å². The van der Waals surface area contributed by atoms with Gasteiger partial charge in [0.15, 0.2) is 5.69 Å². The Hall–Kier alpha value is -1.63. The summed E-state index contributed by atoms with van der Waals surface area (Å²) in [5, 5.41) is 8.68. The maximum atomic E-state index is 8.68. The highest BCUT2D eigenvalue weighted by Gasteiger charge is 2.22. The maximum absolute atomic E-state index is 8.68. The number of nitrogens with zero attached hydrogens (tertiary/aromatic N) is 4. The molecule has 1 aliphatic carbocycles. The standard InChI is InChI=1S/C13H18N4/c1-10-3-5-12(6-4-10)17(2)13-9-15-11(7-14)8-16-13/h8-10,12H,3-6H2,1-2H3. The second-order valence-corrected chi connectivity index (χ2v) is 4.90. The molecule has 1 aromatic heterocycles. The first kappa shape index (κ1) is 11.8. The summed E-state index contributed by atoms with van der Waals surface area (Å²) in [6.07, 6.45) is 8.25. The van der Waals surface area contributed by atoms with Gasteiger partial charge < -0.3 is 4.90 Å². The van der Waals surface area contributed by atoms with Crippen molar-refractivity contribution in [1.29, 1.82) is 5.26 Å². The third-order valence-electron chi connectivity index (χ3n) is 3.65. The largest absolute Gasteiger partial charge is 0.355 e. The highest BCUT2D eigenvalue weighted by Crippen LogP contribution is 2.28. The van der Waals surface area contributed by atoms with E-state index in [1.807, 2.05) is 6.07 Å². The third-order valence-corrected chi connectivity index (χ3v) is 3.65. The fourth-order valence-corrected chi connectivity index (χ4v) is 2.38. The number of aromatic nitrogens is 2. The van der Waals surface area contributed by atoms with Crippen LogP contribution in [0.4, 0.5) is 5.82 Å². The summed E-state index contributed by atoms with van der Waals surface area (Å²) in [6.45, 7) is 2.32. The summed E-state index contributed by atoms with van der Waals surface area (Å²) in [4.78, 5) is 10.5. The van der Waals surface area contributed by atoms with Crippen molar-refractivity contribution in [3.8, 4) is 6.07 Å². The summed E-state index contributed by atoms with van der Waals surface area (Å²) in [5.74, 6) is 1.72. The van der Waals surface area contributed by atoms with Gasteiger partial charge in [-0.15, -0.1) is 0 Å². The highest BCUT2D eigenvalue weighted by atomic mass is 15.2. The van der Waals surface area contributed by atoms with E-state index in [-0.39, 0.29) is 0 Å². The molecule has 0 amide bonds. The average molecular weight is 230 g/mol. The quantitative estimate of drug-likeness (QED) is 0.782. The van der Waals surface area contributed by atoms with E-state index in [1.165, 1.54) is 31.9 Å². The molecular formula is C13H18N4. The molecule has 2 rings (SSSR count). The topological polar surface area (TPSA) is 52.8 Å². The lowest BCUT2D eigenvalue weighted by Gasteiger charge is -2.34. The molecule has 4 heteroatoms. The molecule has 17 heavy (non-hydrogen) atoms. The van der Waals surface area contributed by atoms with Gasteiger partial charge in [-0.05, 0) is 31.6 Å². The van der Waals surface area contributed by atoms with E-state index in [0.29, 0.717) is 11.7 Å². The van der Waals surface area contributed by atoms with Gasteiger partial charge in [-0.3, -0.25) is 0 Å². The fourth-order valence-electron chi connectivity index (χ4n) is 2.38. The summed E-state index contributed by atoms with van der Waals surface area (Å²) in [7, 11) is 2.07. The van der Waals surface area contributed by atoms with Crippen LogP contribution in [0, 0.1) is 17.2 Å². The van der Waals surface area contributed by atoms with Crippen molar-refractivity contribution in [2.24, 2.45) is 5.92 Å². The van der Waals surface area contributed by atoms with E-state index >= 15 is 0 Å². The Morgan fingerprint density at radius 1 is 1.24 bits per heavy atom. The summed E-state index contributed by atoms with van der Waals surface area (Å²) >= 11 is 0. The number of nitriles is 1. The molecule has 1 aliphatic rings. The normalized spacial score (nSPS) is 24.1. The second kappa shape index (κ2) is 5.13. The van der Waals surface area contributed by atoms with Gasteiger partial charge in [0.2, 0.25) is 0 Å². The van der Waals surface area contributed by atoms with Crippen molar-refractivity contribution in [3.05, 3.63) is 18.1 Å². The van der Waals surface area contributed by atoms with Gasteiger partial charge in [0, 0.05) is 13.1 Å². The van der Waals surface area contributed by atoms with Crippen LogP contribution in [0.5, 0.6) is 0 Å². The monoisotopic (exact) mass is 230 g/mol. The van der Waals surface area contributed by atoms with E-state index in [0.717, 1.165) is 11.7 Å². The average Bonchev–Trinajstić information content (AvgIpc) is 2.39. The smallest absolute Gasteiger partial charge is 0.158 e. The molecule has 1 heterocycles. The van der Waals surface area contributed by atoms with E-state index in [2.05, 4.69) is 28.8 Å². The Balaban J connectivity index is 2.03. The summed E-state index contributed by atoms with van der Waals surface area (Å²) in [6, 6.07) is 2.55. The zero-order valence-corrected chi connectivity index (χ0v) is 10.4. The highest BCUT2D eigenvalue weighted by molar-refractivity contribution is 5.37. The lowest BCUT2D eigenvalue weighted by molar-refractivity contribution is 0.340. The molecule has 0 atom stereocenters. The van der Waals surface area contributed by atoms with E-state index in [1.54, 1.807) is 6.20 Å². The van der Waals surface area contributed by atoms with Crippen LogP contribution in [-0.4, -0.2) is 23.1 Å². The van der Waals surface area contributed by atoms with Crippen molar-refractivity contribution in [3.63, 3.8) is 0 Å². The second-order valence-electron chi connectivity index (χ2n) is 4.90. The molecule has 0 radical (unpaired) electrons. The Bertz CT molecular complexity index is 398. The molecule has 90 valence electrons. The van der Waals surface area contributed by atoms with Crippen LogP contribution in [0.15, 0.2) is 12.4 Å². The summed E-state index contributed by atoms with van der Waals surface area (Å²) < 4.78 is 0. The number of hydrogen-bond acceptors (Lipinski definition) is 4. The minimum atomic E-state index is 0.374. The van der Waals surface area contributed by atoms with Gasteiger partial charge in [0.1, 0.15) is 11.9 Å². The van der Waals surface area contributed by atoms with Crippen LogP contribution in [-0.2, 0) is 0 Å². The lowest BCUT2D eigenvalue weighted by Crippen LogP contribution is -2.35. The van der Waals surface area contributed by atoms with Gasteiger partial charge in [-0.1, -0.05) is 6.92 Å². The molecule has 0 saturated heterocycles. The molecule has 1 fully saturated rings. The van der Waals surface area contributed by atoms with Gasteiger partial charge >= 0.3 is 0 Å². The van der Waals surface area contributed by atoms with Crippen molar-refractivity contribution in [1.82, 2.24) is 9.97 Å². The molecular weight excluding hydrogens is 212 g/mol. The zero-order valence-electron chi connectivity index (χ0n) is 10.4. The van der Waals surface area contributed by atoms with Crippen LogP contribution in [0.1, 0.15) is 38.3 Å². The Labute approximate surface area is 102 Å². The van der Waals surface area contributed by atoms with Crippen LogP contribution >= 0.6 is 0 Å². The minimum absolute atomic E-state index is 0.374. The van der Waals surface area contributed by atoms with Gasteiger partial charge in [-0.2, -0.15) is 5.26 Å². The minimum Gasteiger partial charge on any atom is -0.355 e. The predicted molar refractivity (Wildman–Crippen MR) is 66.6 cm³/mol.